The van der Waals surface area contributed by atoms with E-state index in [1.807, 2.05) is 12.3 Å². The van der Waals surface area contributed by atoms with E-state index in [2.05, 4.69) is 5.10 Å². The van der Waals surface area contributed by atoms with Gasteiger partial charge in [-0.1, -0.05) is 6.92 Å². The maximum Gasteiger partial charge on any atom is 0.238 e. The zero-order valence-electron chi connectivity index (χ0n) is 11.7. The molecule has 1 fully saturated rings. The third-order valence-corrected chi connectivity index (χ3v) is 5.25. The highest BCUT2D eigenvalue weighted by Crippen LogP contribution is 2.19. The smallest absolute Gasteiger partial charge is 0.238 e. The van der Waals surface area contributed by atoms with Crippen LogP contribution in [0.25, 0.3) is 0 Å². The van der Waals surface area contributed by atoms with Crippen LogP contribution in [-0.2, 0) is 21.2 Å². The predicted octanol–water partition coefficient (Wildman–Crippen LogP) is 0.699. The molecule has 1 aromatic rings. The van der Waals surface area contributed by atoms with Crippen molar-refractivity contribution in [3.05, 3.63) is 18.5 Å². The average molecular weight is 299 g/mol. The van der Waals surface area contributed by atoms with Gasteiger partial charge >= 0.3 is 0 Å². The van der Waals surface area contributed by atoms with Crippen molar-refractivity contribution in [1.29, 1.82) is 0 Å². The van der Waals surface area contributed by atoms with Crippen molar-refractivity contribution in [2.75, 3.05) is 18.1 Å². The molecule has 0 aliphatic carbocycles. The fourth-order valence-corrected chi connectivity index (χ4v) is 3.26. The van der Waals surface area contributed by atoms with Crippen LogP contribution < -0.4 is 0 Å². The molecule has 2 heterocycles. The predicted molar refractivity (Wildman–Crippen MR) is 75.9 cm³/mol. The molecular weight excluding hydrogens is 278 g/mol. The van der Waals surface area contributed by atoms with Crippen LogP contribution in [0.1, 0.15) is 26.2 Å². The van der Waals surface area contributed by atoms with Gasteiger partial charge in [-0.25, -0.2) is 8.42 Å². The molecule has 1 saturated heterocycles. The van der Waals surface area contributed by atoms with Crippen molar-refractivity contribution in [3.63, 3.8) is 0 Å². The first kappa shape index (κ1) is 15.0. The topological polar surface area (TPSA) is 72.3 Å². The molecule has 1 aliphatic rings. The molecule has 112 valence electrons. The van der Waals surface area contributed by atoms with Gasteiger partial charge in [-0.3, -0.25) is 9.48 Å². The summed E-state index contributed by atoms with van der Waals surface area (Å²) in [6, 6.07) is 1.89. The lowest BCUT2D eigenvalue weighted by Gasteiger charge is -2.35. The van der Waals surface area contributed by atoms with Gasteiger partial charge in [0, 0.05) is 24.7 Å². The molecule has 1 aromatic heterocycles. The summed E-state index contributed by atoms with van der Waals surface area (Å²) in [5, 5.41) is 4.16. The summed E-state index contributed by atoms with van der Waals surface area (Å²) in [5.41, 5.74) is 0. The van der Waals surface area contributed by atoms with Gasteiger partial charge < -0.3 is 4.90 Å². The van der Waals surface area contributed by atoms with Crippen LogP contribution >= 0.6 is 0 Å². The number of hydrogen-bond acceptors (Lipinski definition) is 4. The molecule has 0 N–H and O–H groups in total. The van der Waals surface area contributed by atoms with E-state index >= 15 is 0 Å². The molecule has 20 heavy (non-hydrogen) atoms. The Balaban J connectivity index is 2.04. The fourth-order valence-electron chi connectivity index (χ4n) is 2.52. The van der Waals surface area contributed by atoms with E-state index in [4.69, 9.17) is 0 Å². The molecule has 0 radical (unpaired) electrons. The molecule has 7 heteroatoms. The zero-order valence-corrected chi connectivity index (χ0v) is 12.6. The molecule has 0 aromatic carbocycles. The third kappa shape index (κ3) is 3.82. The van der Waals surface area contributed by atoms with Crippen LogP contribution in [0.4, 0.5) is 0 Å². The van der Waals surface area contributed by atoms with E-state index in [9.17, 15) is 13.2 Å². The van der Waals surface area contributed by atoms with Crippen LogP contribution in [0, 0.1) is 0 Å². The monoisotopic (exact) mass is 299 g/mol. The number of carbonyl (C=O) groups excluding carboxylic acids is 1. The Kier molecular flexibility index (Phi) is 4.80. The van der Waals surface area contributed by atoms with Crippen molar-refractivity contribution in [1.82, 2.24) is 14.7 Å². The maximum atomic E-state index is 12.2. The Bertz CT molecular complexity index is 539. The van der Waals surface area contributed by atoms with Crippen molar-refractivity contribution >= 4 is 15.7 Å². The quantitative estimate of drug-likeness (QED) is 0.802. The SMILES string of the molecule is CCS(=O)(=O)CC(=O)N1CCCC[C@H]1Cn1cccn1. The summed E-state index contributed by atoms with van der Waals surface area (Å²) in [4.78, 5) is 13.9. The minimum absolute atomic E-state index is 0.0103. The van der Waals surface area contributed by atoms with Gasteiger partial charge in [0.05, 0.1) is 12.6 Å². The lowest BCUT2D eigenvalue weighted by atomic mass is 10.0. The van der Waals surface area contributed by atoms with Gasteiger partial charge in [0.25, 0.3) is 0 Å². The normalized spacial score (nSPS) is 20.1. The van der Waals surface area contributed by atoms with Crippen LogP contribution in [0.2, 0.25) is 0 Å². The summed E-state index contributed by atoms with van der Waals surface area (Å²) < 4.78 is 25.0. The summed E-state index contributed by atoms with van der Waals surface area (Å²) >= 11 is 0. The van der Waals surface area contributed by atoms with Gasteiger partial charge in [0.1, 0.15) is 5.75 Å². The second-order valence-corrected chi connectivity index (χ2v) is 7.49. The van der Waals surface area contributed by atoms with Gasteiger partial charge in [-0.05, 0) is 25.3 Å². The molecule has 0 unspecified atom stereocenters. The summed E-state index contributed by atoms with van der Waals surface area (Å²) in [6.45, 7) is 2.84. The Morgan fingerprint density at radius 2 is 2.20 bits per heavy atom. The average Bonchev–Trinajstić information content (AvgIpc) is 2.92. The molecule has 0 bridgehead atoms. The van der Waals surface area contributed by atoms with Crippen LogP contribution in [-0.4, -0.2) is 53.1 Å². The number of carbonyl (C=O) groups is 1. The Labute approximate surface area is 119 Å². The van der Waals surface area contributed by atoms with Crippen LogP contribution in [0.3, 0.4) is 0 Å². The highest BCUT2D eigenvalue weighted by Gasteiger charge is 2.29. The van der Waals surface area contributed by atoms with E-state index in [-0.39, 0.29) is 23.5 Å². The second kappa shape index (κ2) is 6.39. The second-order valence-electron chi connectivity index (χ2n) is 5.14. The van der Waals surface area contributed by atoms with Crippen molar-refractivity contribution < 1.29 is 13.2 Å². The summed E-state index contributed by atoms with van der Waals surface area (Å²) in [5.74, 6) is -0.640. The van der Waals surface area contributed by atoms with Crippen LogP contribution in [0.15, 0.2) is 18.5 Å². The number of sulfone groups is 1. The number of likely N-dealkylation sites (tertiary alicyclic amines) is 1. The van der Waals surface area contributed by atoms with Crippen molar-refractivity contribution in [2.24, 2.45) is 0 Å². The molecule has 0 saturated carbocycles. The number of rotatable bonds is 5. The van der Waals surface area contributed by atoms with Gasteiger partial charge in [0.2, 0.25) is 5.91 Å². The number of hydrogen-bond donors (Lipinski definition) is 0. The zero-order chi connectivity index (χ0) is 14.6. The highest BCUT2D eigenvalue weighted by molar-refractivity contribution is 7.92. The summed E-state index contributed by atoms with van der Waals surface area (Å²) in [7, 11) is -3.27. The summed E-state index contributed by atoms with van der Waals surface area (Å²) in [6.07, 6.45) is 6.47. The van der Waals surface area contributed by atoms with Crippen LogP contribution in [0.5, 0.6) is 0 Å². The maximum absolute atomic E-state index is 12.2. The van der Waals surface area contributed by atoms with E-state index in [1.54, 1.807) is 22.7 Å². The lowest BCUT2D eigenvalue weighted by molar-refractivity contribution is -0.132. The van der Waals surface area contributed by atoms with Gasteiger partial charge in [0.15, 0.2) is 9.84 Å². The third-order valence-electron chi connectivity index (χ3n) is 3.69. The lowest BCUT2D eigenvalue weighted by Crippen LogP contribution is -2.48. The van der Waals surface area contributed by atoms with Gasteiger partial charge in [-0.2, -0.15) is 5.10 Å². The number of amides is 1. The van der Waals surface area contributed by atoms with Crippen molar-refractivity contribution in [2.45, 2.75) is 38.8 Å². The minimum Gasteiger partial charge on any atom is -0.337 e. The van der Waals surface area contributed by atoms with E-state index < -0.39 is 9.84 Å². The van der Waals surface area contributed by atoms with E-state index in [0.29, 0.717) is 13.1 Å². The molecular formula is C13H21N3O3S. The Morgan fingerprint density at radius 1 is 1.40 bits per heavy atom. The van der Waals surface area contributed by atoms with E-state index in [0.717, 1.165) is 19.3 Å². The molecule has 1 aliphatic heterocycles. The molecule has 0 spiro atoms. The first-order chi connectivity index (χ1) is 9.52. The first-order valence-corrected chi connectivity index (χ1v) is 8.81. The van der Waals surface area contributed by atoms with Gasteiger partial charge in [-0.15, -0.1) is 0 Å². The fraction of sp³-hybridized carbons (Fsp3) is 0.692. The van der Waals surface area contributed by atoms with E-state index in [1.165, 1.54) is 0 Å². The molecule has 2 rings (SSSR count). The Hall–Kier alpha value is -1.37. The number of nitrogens with zero attached hydrogens (tertiary/aromatic N) is 3. The number of aromatic nitrogens is 2. The van der Waals surface area contributed by atoms with Crippen molar-refractivity contribution in [3.8, 4) is 0 Å². The standard InChI is InChI=1S/C13H21N3O3S/c1-2-20(18,19)11-13(17)16-9-4-3-6-12(16)10-15-8-5-7-14-15/h5,7-8,12H,2-4,6,9-11H2,1H3/t12-/m0/s1. The first-order valence-electron chi connectivity index (χ1n) is 6.99. The minimum atomic E-state index is -3.27. The number of piperidine rings is 1. The molecule has 6 nitrogen and oxygen atoms in total. The Morgan fingerprint density at radius 3 is 2.85 bits per heavy atom. The largest absolute Gasteiger partial charge is 0.337 e. The molecule has 1 amide bonds. The molecule has 1 atom stereocenters. The highest BCUT2D eigenvalue weighted by atomic mass is 32.2.